The number of carbonyl (C=O) groups is 2. The molecular formula is C14H18N2O3. The molecule has 0 unspecified atom stereocenters. The molecule has 1 aliphatic rings. The van der Waals surface area contributed by atoms with E-state index < -0.39 is 12.0 Å². The molecule has 2 amide bonds. The van der Waals surface area contributed by atoms with E-state index in [1.54, 1.807) is 0 Å². The number of benzene rings is 1. The van der Waals surface area contributed by atoms with Gasteiger partial charge in [-0.3, -0.25) is 0 Å². The molecule has 0 saturated carbocycles. The molecule has 2 rings (SSSR count). The summed E-state index contributed by atoms with van der Waals surface area (Å²) in [6.07, 6.45) is 1.28. The van der Waals surface area contributed by atoms with Crippen molar-refractivity contribution in [2.75, 3.05) is 6.54 Å². The Kier molecular flexibility index (Phi) is 4.04. The third kappa shape index (κ3) is 3.24. The van der Waals surface area contributed by atoms with Crippen molar-refractivity contribution in [3.05, 3.63) is 35.4 Å². The SMILES string of the molecule is Cc1ccc(CNC(=O)N2CCC[C@@H]2C(=O)O)cc1. The van der Waals surface area contributed by atoms with Gasteiger partial charge in [0.2, 0.25) is 0 Å². The zero-order valence-electron chi connectivity index (χ0n) is 10.9. The quantitative estimate of drug-likeness (QED) is 0.872. The number of nitrogens with zero attached hydrogens (tertiary/aromatic N) is 1. The lowest BCUT2D eigenvalue weighted by molar-refractivity contribution is -0.141. The molecule has 1 aromatic rings. The first kappa shape index (κ1) is 13.4. The lowest BCUT2D eigenvalue weighted by atomic mass is 10.1. The Morgan fingerprint density at radius 2 is 2.05 bits per heavy atom. The van der Waals surface area contributed by atoms with Crippen LogP contribution in [-0.2, 0) is 11.3 Å². The minimum atomic E-state index is -0.928. The standard InChI is InChI=1S/C14H18N2O3/c1-10-4-6-11(7-5-10)9-15-14(19)16-8-2-3-12(16)13(17)18/h4-7,12H,2-3,8-9H2,1H3,(H,15,19)(H,17,18)/t12-/m1/s1. The van der Waals surface area contributed by atoms with Gasteiger partial charge in [0, 0.05) is 13.1 Å². The van der Waals surface area contributed by atoms with Gasteiger partial charge in [0.15, 0.2) is 0 Å². The molecule has 0 bridgehead atoms. The topological polar surface area (TPSA) is 69.6 Å². The molecule has 1 saturated heterocycles. The summed E-state index contributed by atoms with van der Waals surface area (Å²) in [6.45, 7) is 2.93. The number of hydrogen-bond acceptors (Lipinski definition) is 2. The van der Waals surface area contributed by atoms with Gasteiger partial charge in [-0.25, -0.2) is 9.59 Å². The van der Waals surface area contributed by atoms with Gasteiger partial charge in [0.25, 0.3) is 0 Å². The van der Waals surface area contributed by atoms with Crippen molar-refractivity contribution in [2.24, 2.45) is 0 Å². The number of carbonyl (C=O) groups excluding carboxylic acids is 1. The monoisotopic (exact) mass is 262 g/mol. The molecule has 1 aromatic carbocycles. The molecular weight excluding hydrogens is 244 g/mol. The number of rotatable bonds is 3. The Balaban J connectivity index is 1.90. The van der Waals surface area contributed by atoms with Crippen molar-refractivity contribution >= 4 is 12.0 Å². The van der Waals surface area contributed by atoms with Crippen LogP contribution in [0.25, 0.3) is 0 Å². The van der Waals surface area contributed by atoms with Crippen LogP contribution >= 0.6 is 0 Å². The van der Waals surface area contributed by atoms with Gasteiger partial charge >= 0.3 is 12.0 Å². The summed E-state index contributed by atoms with van der Waals surface area (Å²) in [6, 6.07) is 6.89. The molecule has 5 nitrogen and oxygen atoms in total. The van der Waals surface area contributed by atoms with Gasteiger partial charge in [-0.1, -0.05) is 29.8 Å². The van der Waals surface area contributed by atoms with Gasteiger partial charge in [-0.2, -0.15) is 0 Å². The number of carboxylic acid groups (broad SMARTS) is 1. The molecule has 0 aliphatic carbocycles. The Morgan fingerprint density at radius 3 is 2.68 bits per heavy atom. The van der Waals surface area contributed by atoms with Crippen LogP contribution in [0.1, 0.15) is 24.0 Å². The molecule has 0 aromatic heterocycles. The van der Waals surface area contributed by atoms with Crippen molar-refractivity contribution in [3.8, 4) is 0 Å². The molecule has 0 spiro atoms. The van der Waals surface area contributed by atoms with Crippen molar-refractivity contribution < 1.29 is 14.7 Å². The Labute approximate surface area is 112 Å². The molecule has 5 heteroatoms. The number of urea groups is 1. The first-order valence-corrected chi connectivity index (χ1v) is 6.41. The second-order valence-electron chi connectivity index (χ2n) is 4.83. The number of hydrogen-bond donors (Lipinski definition) is 2. The molecule has 0 radical (unpaired) electrons. The van der Waals surface area contributed by atoms with Crippen molar-refractivity contribution in [1.29, 1.82) is 0 Å². The normalized spacial score (nSPS) is 18.4. The maximum atomic E-state index is 12.0. The summed E-state index contributed by atoms with van der Waals surface area (Å²) in [7, 11) is 0. The molecule has 1 fully saturated rings. The number of nitrogens with one attached hydrogen (secondary N) is 1. The lowest BCUT2D eigenvalue weighted by Gasteiger charge is -2.21. The highest BCUT2D eigenvalue weighted by atomic mass is 16.4. The Bertz CT molecular complexity index is 470. The fraction of sp³-hybridized carbons (Fsp3) is 0.429. The highest BCUT2D eigenvalue weighted by molar-refractivity contribution is 5.83. The second-order valence-corrected chi connectivity index (χ2v) is 4.83. The maximum absolute atomic E-state index is 12.0. The number of aryl methyl sites for hydroxylation is 1. The summed E-state index contributed by atoms with van der Waals surface area (Å²) >= 11 is 0. The molecule has 1 aliphatic heterocycles. The van der Waals surface area contributed by atoms with E-state index in [1.165, 1.54) is 10.5 Å². The van der Waals surface area contributed by atoms with E-state index in [2.05, 4.69) is 5.32 Å². The van der Waals surface area contributed by atoms with E-state index >= 15 is 0 Å². The summed E-state index contributed by atoms with van der Waals surface area (Å²) < 4.78 is 0. The third-order valence-electron chi connectivity index (χ3n) is 3.36. The highest BCUT2D eigenvalue weighted by Crippen LogP contribution is 2.17. The van der Waals surface area contributed by atoms with E-state index in [0.717, 1.165) is 12.0 Å². The summed E-state index contributed by atoms with van der Waals surface area (Å²) in [5.74, 6) is -0.928. The number of amides is 2. The molecule has 1 heterocycles. The summed E-state index contributed by atoms with van der Waals surface area (Å²) in [5.41, 5.74) is 2.17. The highest BCUT2D eigenvalue weighted by Gasteiger charge is 2.33. The molecule has 19 heavy (non-hydrogen) atoms. The summed E-state index contributed by atoms with van der Waals surface area (Å²) in [5, 5.41) is 11.8. The van der Waals surface area contributed by atoms with Crippen LogP contribution in [0, 0.1) is 6.92 Å². The van der Waals surface area contributed by atoms with Gasteiger partial charge in [0.1, 0.15) is 6.04 Å². The van der Waals surface area contributed by atoms with E-state index in [9.17, 15) is 9.59 Å². The fourth-order valence-electron chi connectivity index (χ4n) is 2.25. The molecule has 2 N–H and O–H groups in total. The van der Waals surface area contributed by atoms with E-state index in [0.29, 0.717) is 19.5 Å². The lowest BCUT2D eigenvalue weighted by Crippen LogP contribution is -2.45. The zero-order chi connectivity index (χ0) is 13.8. The average Bonchev–Trinajstić information content (AvgIpc) is 2.87. The minimum Gasteiger partial charge on any atom is -0.480 e. The Morgan fingerprint density at radius 1 is 1.37 bits per heavy atom. The van der Waals surface area contributed by atoms with Crippen molar-refractivity contribution in [1.82, 2.24) is 10.2 Å². The largest absolute Gasteiger partial charge is 0.480 e. The van der Waals surface area contributed by atoms with E-state index in [4.69, 9.17) is 5.11 Å². The van der Waals surface area contributed by atoms with Crippen LogP contribution in [0.3, 0.4) is 0 Å². The molecule has 1 atom stereocenters. The van der Waals surface area contributed by atoms with Crippen molar-refractivity contribution in [3.63, 3.8) is 0 Å². The molecule has 102 valence electrons. The van der Waals surface area contributed by atoms with Crippen molar-refractivity contribution in [2.45, 2.75) is 32.4 Å². The van der Waals surface area contributed by atoms with Gasteiger partial charge in [-0.05, 0) is 25.3 Å². The first-order valence-electron chi connectivity index (χ1n) is 6.41. The smallest absolute Gasteiger partial charge is 0.326 e. The first-order chi connectivity index (χ1) is 9.08. The van der Waals surface area contributed by atoms with Gasteiger partial charge in [0.05, 0.1) is 0 Å². The average molecular weight is 262 g/mol. The predicted octanol–water partition coefficient (Wildman–Crippen LogP) is 1.75. The minimum absolute atomic E-state index is 0.300. The van der Waals surface area contributed by atoms with Crippen LogP contribution in [0.4, 0.5) is 4.79 Å². The number of likely N-dealkylation sites (tertiary alicyclic amines) is 1. The van der Waals surface area contributed by atoms with Crippen LogP contribution in [0.5, 0.6) is 0 Å². The van der Waals surface area contributed by atoms with Crippen LogP contribution in [0.15, 0.2) is 24.3 Å². The van der Waals surface area contributed by atoms with Gasteiger partial charge in [-0.15, -0.1) is 0 Å². The summed E-state index contributed by atoms with van der Waals surface area (Å²) in [4.78, 5) is 24.4. The Hall–Kier alpha value is -2.04. The second kappa shape index (κ2) is 5.73. The maximum Gasteiger partial charge on any atom is 0.326 e. The number of aliphatic carboxylic acids is 1. The van der Waals surface area contributed by atoms with Crippen LogP contribution in [-0.4, -0.2) is 34.6 Å². The number of carboxylic acids is 1. The van der Waals surface area contributed by atoms with E-state index in [-0.39, 0.29) is 6.03 Å². The van der Waals surface area contributed by atoms with E-state index in [1.807, 2.05) is 31.2 Å². The van der Waals surface area contributed by atoms with Crippen LogP contribution in [0.2, 0.25) is 0 Å². The zero-order valence-corrected chi connectivity index (χ0v) is 10.9. The fourth-order valence-corrected chi connectivity index (χ4v) is 2.25. The third-order valence-corrected chi connectivity index (χ3v) is 3.36. The predicted molar refractivity (Wildman–Crippen MR) is 70.8 cm³/mol. The van der Waals surface area contributed by atoms with Crippen LogP contribution < -0.4 is 5.32 Å². The van der Waals surface area contributed by atoms with Gasteiger partial charge < -0.3 is 15.3 Å².